The SMILES string of the molecule is CCOC(=O)N1CCC(C(=O)N2CCN(c3ccccn3)CC2)CC1. The molecule has 0 saturated carbocycles. The summed E-state index contributed by atoms with van der Waals surface area (Å²) in [5, 5.41) is 0. The van der Waals surface area contributed by atoms with E-state index in [9.17, 15) is 9.59 Å². The fraction of sp³-hybridized carbons (Fsp3) is 0.611. The van der Waals surface area contributed by atoms with E-state index in [4.69, 9.17) is 4.74 Å². The zero-order chi connectivity index (χ0) is 17.6. The van der Waals surface area contributed by atoms with Gasteiger partial charge in [0.05, 0.1) is 6.61 Å². The average molecular weight is 346 g/mol. The molecule has 0 spiro atoms. The Morgan fingerprint density at radius 2 is 1.80 bits per heavy atom. The Morgan fingerprint density at radius 3 is 2.40 bits per heavy atom. The van der Waals surface area contributed by atoms with Crippen molar-refractivity contribution in [3.8, 4) is 0 Å². The molecule has 2 fully saturated rings. The van der Waals surface area contributed by atoms with Crippen LogP contribution in [0.5, 0.6) is 0 Å². The molecule has 136 valence electrons. The number of rotatable bonds is 3. The van der Waals surface area contributed by atoms with Crippen LogP contribution in [0.1, 0.15) is 19.8 Å². The monoisotopic (exact) mass is 346 g/mol. The first-order valence-corrected chi connectivity index (χ1v) is 9.05. The number of likely N-dealkylation sites (tertiary alicyclic amines) is 1. The highest BCUT2D eigenvalue weighted by atomic mass is 16.6. The first kappa shape index (κ1) is 17.5. The van der Waals surface area contributed by atoms with Crippen LogP contribution in [0.2, 0.25) is 0 Å². The van der Waals surface area contributed by atoms with Crippen molar-refractivity contribution in [3.63, 3.8) is 0 Å². The number of piperazine rings is 1. The van der Waals surface area contributed by atoms with E-state index in [2.05, 4.69) is 9.88 Å². The fourth-order valence-electron chi connectivity index (χ4n) is 3.48. The third kappa shape index (κ3) is 4.21. The van der Waals surface area contributed by atoms with Gasteiger partial charge in [-0.05, 0) is 31.9 Å². The van der Waals surface area contributed by atoms with Crippen LogP contribution in [-0.4, -0.2) is 72.7 Å². The molecular formula is C18H26N4O3. The van der Waals surface area contributed by atoms with E-state index in [1.165, 1.54) is 0 Å². The molecule has 0 aromatic carbocycles. The molecule has 2 amide bonds. The molecule has 0 aliphatic carbocycles. The molecule has 7 nitrogen and oxygen atoms in total. The Morgan fingerprint density at radius 1 is 1.08 bits per heavy atom. The number of piperidine rings is 1. The van der Waals surface area contributed by atoms with Gasteiger partial charge in [0.15, 0.2) is 0 Å². The molecule has 0 bridgehead atoms. The third-order valence-corrected chi connectivity index (χ3v) is 4.93. The van der Waals surface area contributed by atoms with Crippen LogP contribution < -0.4 is 4.90 Å². The standard InChI is InChI=1S/C18H26N4O3/c1-2-25-18(24)22-9-6-15(7-10-22)17(23)21-13-11-20(12-14-21)16-5-3-4-8-19-16/h3-5,8,15H,2,6-7,9-14H2,1H3. The number of amides is 2. The lowest BCUT2D eigenvalue weighted by atomic mass is 9.95. The highest BCUT2D eigenvalue weighted by Gasteiger charge is 2.32. The molecule has 2 aliphatic rings. The second kappa shape index (κ2) is 8.18. The van der Waals surface area contributed by atoms with Gasteiger partial charge in [0.25, 0.3) is 0 Å². The van der Waals surface area contributed by atoms with Crippen molar-refractivity contribution >= 4 is 17.8 Å². The second-order valence-electron chi connectivity index (χ2n) is 6.46. The molecule has 25 heavy (non-hydrogen) atoms. The molecule has 3 heterocycles. The molecule has 0 unspecified atom stereocenters. The minimum absolute atomic E-state index is 0.0204. The molecule has 0 atom stereocenters. The Balaban J connectivity index is 1.46. The van der Waals surface area contributed by atoms with Crippen LogP contribution in [0, 0.1) is 5.92 Å². The quantitative estimate of drug-likeness (QED) is 0.832. The Kier molecular flexibility index (Phi) is 5.73. The number of anilines is 1. The van der Waals surface area contributed by atoms with E-state index in [0.29, 0.717) is 19.7 Å². The first-order valence-electron chi connectivity index (χ1n) is 9.05. The summed E-state index contributed by atoms with van der Waals surface area (Å²) < 4.78 is 5.03. The van der Waals surface area contributed by atoms with E-state index in [0.717, 1.165) is 44.8 Å². The van der Waals surface area contributed by atoms with Crippen LogP contribution in [0.15, 0.2) is 24.4 Å². The summed E-state index contributed by atoms with van der Waals surface area (Å²) in [5.41, 5.74) is 0. The van der Waals surface area contributed by atoms with Crippen LogP contribution >= 0.6 is 0 Å². The molecule has 0 radical (unpaired) electrons. The van der Waals surface area contributed by atoms with Crippen LogP contribution in [0.25, 0.3) is 0 Å². The Hall–Kier alpha value is -2.31. The van der Waals surface area contributed by atoms with Gasteiger partial charge in [-0.1, -0.05) is 6.07 Å². The fourth-order valence-corrected chi connectivity index (χ4v) is 3.48. The summed E-state index contributed by atoms with van der Waals surface area (Å²) in [5.74, 6) is 1.22. The second-order valence-corrected chi connectivity index (χ2v) is 6.46. The van der Waals surface area contributed by atoms with E-state index in [-0.39, 0.29) is 17.9 Å². The highest BCUT2D eigenvalue weighted by molar-refractivity contribution is 5.79. The number of carbonyl (C=O) groups is 2. The maximum Gasteiger partial charge on any atom is 0.409 e. The van der Waals surface area contributed by atoms with Crippen molar-refractivity contribution in [2.24, 2.45) is 5.92 Å². The van der Waals surface area contributed by atoms with Crippen molar-refractivity contribution < 1.29 is 14.3 Å². The summed E-state index contributed by atoms with van der Waals surface area (Å²) >= 11 is 0. The zero-order valence-corrected chi connectivity index (χ0v) is 14.8. The lowest BCUT2D eigenvalue weighted by Gasteiger charge is -2.38. The predicted molar refractivity (Wildman–Crippen MR) is 94.3 cm³/mol. The van der Waals surface area contributed by atoms with Crippen molar-refractivity contribution in [1.29, 1.82) is 0 Å². The van der Waals surface area contributed by atoms with Crippen LogP contribution in [0.3, 0.4) is 0 Å². The maximum atomic E-state index is 12.8. The summed E-state index contributed by atoms with van der Waals surface area (Å²) in [6, 6.07) is 5.89. The van der Waals surface area contributed by atoms with Gasteiger partial charge in [0.2, 0.25) is 5.91 Å². The normalized spacial score (nSPS) is 19.0. The number of nitrogens with zero attached hydrogens (tertiary/aromatic N) is 4. The topological polar surface area (TPSA) is 66.0 Å². The number of hydrogen-bond donors (Lipinski definition) is 0. The van der Waals surface area contributed by atoms with Crippen LogP contribution in [-0.2, 0) is 9.53 Å². The van der Waals surface area contributed by atoms with Gasteiger partial charge in [0, 0.05) is 51.4 Å². The predicted octanol–water partition coefficient (Wildman–Crippen LogP) is 1.60. The lowest BCUT2D eigenvalue weighted by molar-refractivity contribution is -0.137. The Labute approximate surface area is 148 Å². The summed E-state index contributed by atoms with van der Waals surface area (Å²) in [7, 11) is 0. The number of ether oxygens (including phenoxy) is 1. The van der Waals surface area contributed by atoms with Gasteiger partial charge in [-0.15, -0.1) is 0 Å². The minimum atomic E-state index is -0.266. The summed E-state index contributed by atoms with van der Waals surface area (Å²) in [6.45, 7) is 6.47. The zero-order valence-electron chi connectivity index (χ0n) is 14.8. The molecule has 2 saturated heterocycles. The molecule has 0 N–H and O–H groups in total. The van der Waals surface area contributed by atoms with Gasteiger partial charge in [-0.2, -0.15) is 0 Å². The van der Waals surface area contributed by atoms with Crippen molar-refractivity contribution in [1.82, 2.24) is 14.8 Å². The van der Waals surface area contributed by atoms with Crippen LogP contribution in [0.4, 0.5) is 10.6 Å². The molecule has 1 aromatic rings. The average Bonchev–Trinajstić information content (AvgIpc) is 2.68. The number of carbonyl (C=O) groups excluding carboxylic acids is 2. The third-order valence-electron chi connectivity index (χ3n) is 4.93. The van der Waals surface area contributed by atoms with Gasteiger partial charge in [-0.3, -0.25) is 4.79 Å². The van der Waals surface area contributed by atoms with Crippen molar-refractivity contribution in [2.75, 3.05) is 50.8 Å². The molecule has 1 aromatic heterocycles. The molecule has 3 rings (SSSR count). The smallest absolute Gasteiger partial charge is 0.409 e. The van der Waals surface area contributed by atoms with E-state index in [1.807, 2.05) is 23.1 Å². The minimum Gasteiger partial charge on any atom is -0.450 e. The van der Waals surface area contributed by atoms with Gasteiger partial charge in [-0.25, -0.2) is 9.78 Å². The lowest BCUT2D eigenvalue weighted by Crippen LogP contribution is -2.52. The molecular weight excluding hydrogens is 320 g/mol. The maximum absolute atomic E-state index is 12.8. The highest BCUT2D eigenvalue weighted by Crippen LogP contribution is 2.22. The van der Waals surface area contributed by atoms with E-state index in [1.54, 1.807) is 18.0 Å². The van der Waals surface area contributed by atoms with Crippen molar-refractivity contribution in [2.45, 2.75) is 19.8 Å². The number of pyridine rings is 1. The summed E-state index contributed by atoms with van der Waals surface area (Å²) in [4.78, 5) is 34.8. The molecule has 7 heteroatoms. The van der Waals surface area contributed by atoms with Gasteiger partial charge >= 0.3 is 6.09 Å². The first-order chi connectivity index (χ1) is 12.2. The number of hydrogen-bond acceptors (Lipinski definition) is 5. The summed E-state index contributed by atoms with van der Waals surface area (Å²) in [6.07, 6.45) is 2.97. The van der Waals surface area contributed by atoms with Crippen molar-refractivity contribution in [3.05, 3.63) is 24.4 Å². The van der Waals surface area contributed by atoms with Gasteiger partial charge in [0.1, 0.15) is 5.82 Å². The molecule has 2 aliphatic heterocycles. The number of aromatic nitrogens is 1. The Bertz CT molecular complexity index is 579. The largest absolute Gasteiger partial charge is 0.450 e. The van der Waals surface area contributed by atoms with E-state index < -0.39 is 0 Å². The van der Waals surface area contributed by atoms with Gasteiger partial charge < -0.3 is 19.4 Å². The van der Waals surface area contributed by atoms with E-state index >= 15 is 0 Å².